The Balaban J connectivity index is 0.00000242. The topological polar surface area (TPSA) is 62.5 Å². The molecule has 1 fully saturated rings. The summed E-state index contributed by atoms with van der Waals surface area (Å²) >= 11 is 0. The third-order valence-electron chi connectivity index (χ3n) is 4.04. The average Bonchev–Trinajstić information content (AvgIpc) is 3.03. The van der Waals surface area contributed by atoms with Crippen LogP contribution in [0.2, 0.25) is 0 Å². The number of aromatic nitrogens is 1. The molecule has 1 aliphatic carbocycles. The van der Waals surface area contributed by atoms with Gasteiger partial charge in [-0.25, -0.2) is 4.99 Å². The van der Waals surface area contributed by atoms with E-state index in [9.17, 15) is 0 Å². The monoisotopic (exact) mass is 420 g/mol. The predicted octanol–water partition coefficient (Wildman–Crippen LogP) is 3.71. The fourth-order valence-corrected chi connectivity index (χ4v) is 2.89. The van der Waals surface area contributed by atoms with Gasteiger partial charge in [-0.1, -0.05) is 37.3 Å². The minimum absolute atomic E-state index is 0. The summed E-state index contributed by atoms with van der Waals surface area (Å²) < 4.78 is 4.81. The zero-order valence-corrected chi connectivity index (χ0v) is 15.8. The number of rotatable bonds is 7. The summed E-state index contributed by atoms with van der Waals surface area (Å²) in [6, 6.07) is 1.84. The van der Waals surface area contributed by atoms with Gasteiger partial charge in [0.05, 0.1) is 6.54 Å². The highest BCUT2D eigenvalue weighted by molar-refractivity contribution is 14.0. The van der Waals surface area contributed by atoms with Gasteiger partial charge in [0.25, 0.3) is 0 Å². The van der Waals surface area contributed by atoms with Crippen molar-refractivity contribution in [2.45, 2.75) is 58.4 Å². The van der Waals surface area contributed by atoms with Gasteiger partial charge in [0.15, 0.2) is 5.96 Å². The van der Waals surface area contributed by atoms with Crippen molar-refractivity contribution in [3.63, 3.8) is 0 Å². The van der Waals surface area contributed by atoms with E-state index >= 15 is 0 Å². The van der Waals surface area contributed by atoms with Crippen LogP contribution in [0.1, 0.15) is 57.6 Å². The number of halogens is 1. The first-order valence-corrected chi connectivity index (χ1v) is 8.30. The van der Waals surface area contributed by atoms with E-state index in [1.807, 2.05) is 6.07 Å². The fraction of sp³-hybridized carbons (Fsp3) is 0.750. The molecule has 0 aromatic carbocycles. The van der Waals surface area contributed by atoms with E-state index in [4.69, 9.17) is 4.52 Å². The fourth-order valence-electron chi connectivity index (χ4n) is 2.89. The van der Waals surface area contributed by atoms with E-state index < -0.39 is 0 Å². The number of aliphatic imine (C=N–C) groups is 1. The summed E-state index contributed by atoms with van der Waals surface area (Å²) in [7, 11) is 0. The smallest absolute Gasteiger partial charge is 0.191 e. The highest BCUT2D eigenvalue weighted by atomic mass is 127. The van der Waals surface area contributed by atoms with Gasteiger partial charge < -0.3 is 15.2 Å². The molecule has 0 amide bonds. The molecule has 5 nitrogen and oxygen atoms in total. The van der Waals surface area contributed by atoms with E-state index in [1.54, 1.807) is 6.26 Å². The Labute approximate surface area is 150 Å². The lowest BCUT2D eigenvalue weighted by Gasteiger charge is -2.21. The van der Waals surface area contributed by atoms with Crippen LogP contribution in [0.25, 0.3) is 0 Å². The molecule has 0 spiro atoms. The Morgan fingerprint density at radius 2 is 2.14 bits per heavy atom. The second kappa shape index (κ2) is 11.7. The lowest BCUT2D eigenvalue weighted by Crippen LogP contribution is -2.37. The third kappa shape index (κ3) is 7.47. The Hall–Kier alpha value is -0.790. The van der Waals surface area contributed by atoms with E-state index in [1.165, 1.54) is 44.9 Å². The van der Waals surface area contributed by atoms with Crippen LogP contribution >= 0.6 is 24.0 Å². The summed E-state index contributed by atoms with van der Waals surface area (Å²) in [4.78, 5) is 4.51. The van der Waals surface area contributed by atoms with Crippen LogP contribution in [0.4, 0.5) is 0 Å². The number of guanidine groups is 1. The molecule has 0 atom stereocenters. The first-order valence-electron chi connectivity index (χ1n) is 8.30. The molecule has 2 rings (SSSR count). The van der Waals surface area contributed by atoms with Crippen LogP contribution < -0.4 is 10.6 Å². The normalized spacial score (nSPS) is 16.1. The number of hydrogen-bond acceptors (Lipinski definition) is 3. The SMILES string of the molecule is CCNC(=NCc1ccon1)NCCCC1CCCCC1.I. The molecule has 6 heteroatoms. The van der Waals surface area contributed by atoms with Crippen molar-refractivity contribution in [1.82, 2.24) is 15.8 Å². The summed E-state index contributed by atoms with van der Waals surface area (Å²) in [6.07, 6.45) is 11.3. The molecule has 0 bridgehead atoms. The zero-order chi connectivity index (χ0) is 14.8. The molecule has 1 aromatic heterocycles. The molecule has 1 heterocycles. The van der Waals surface area contributed by atoms with Gasteiger partial charge >= 0.3 is 0 Å². The average molecular weight is 420 g/mol. The third-order valence-corrected chi connectivity index (χ3v) is 4.04. The van der Waals surface area contributed by atoms with Gasteiger partial charge in [-0.2, -0.15) is 0 Å². The summed E-state index contributed by atoms with van der Waals surface area (Å²) in [5.74, 6) is 1.82. The van der Waals surface area contributed by atoms with Gasteiger partial charge in [0.1, 0.15) is 12.0 Å². The molecule has 126 valence electrons. The molecular weight excluding hydrogens is 391 g/mol. The van der Waals surface area contributed by atoms with Crippen LogP contribution in [0.3, 0.4) is 0 Å². The lowest BCUT2D eigenvalue weighted by atomic mass is 9.86. The maximum absolute atomic E-state index is 4.81. The number of nitrogens with one attached hydrogen (secondary N) is 2. The zero-order valence-electron chi connectivity index (χ0n) is 13.5. The predicted molar refractivity (Wildman–Crippen MR) is 101 cm³/mol. The standard InChI is InChI=1S/C16H28N4O.HI/c1-2-17-16(19-13-15-10-12-21-20-15)18-11-6-9-14-7-4-3-5-8-14;/h10,12,14H,2-9,11,13H2,1H3,(H2,17,18,19);1H. The first kappa shape index (κ1) is 19.3. The number of nitrogens with zero attached hydrogens (tertiary/aromatic N) is 2. The highest BCUT2D eigenvalue weighted by Crippen LogP contribution is 2.26. The van der Waals surface area contributed by atoms with E-state index in [2.05, 4.69) is 27.7 Å². The molecule has 0 unspecified atom stereocenters. The van der Waals surface area contributed by atoms with Crippen molar-refractivity contribution in [1.29, 1.82) is 0 Å². The molecule has 0 aliphatic heterocycles. The van der Waals surface area contributed by atoms with Gasteiger partial charge in [0.2, 0.25) is 0 Å². The Morgan fingerprint density at radius 1 is 1.32 bits per heavy atom. The number of hydrogen-bond donors (Lipinski definition) is 2. The van der Waals surface area contributed by atoms with Gasteiger partial charge in [-0.05, 0) is 25.7 Å². The van der Waals surface area contributed by atoms with Crippen molar-refractivity contribution in [2.75, 3.05) is 13.1 Å². The minimum atomic E-state index is 0. The van der Waals surface area contributed by atoms with Crippen LogP contribution in [0.5, 0.6) is 0 Å². The van der Waals surface area contributed by atoms with E-state index in [0.29, 0.717) is 6.54 Å². The van der Waals surface area contributed by atoms with E-state index in [0.717, 1.165) is 30.7 Å². The molecule has 0 saturated heterocycles. The Bertz CT molecular complexity index is 402. The largest absolute Gasteiger partial charge is 0.364 e. The molecule has 0 radical (unpaired) electrons. The van der Waals surface area contributed by atoms with Crippen LogP contribution in [0, 0.1) is 5.92 Å². The molecule has 2 N–H and O–H groups in total. The summed E-state index contributed by atoms with van der Waals surface area (Å²) in [5.41, 5.74) is 0.856. The minimum Gasteiger partial charge on any atom is -0.364 e. The Kier molecular flexibility index (Phi) is 10.3. The second-order valence-electron chi connectivity index (χ2n) is 5.76. The van der Waals surface area contributed by atoms with Crippen LogP contribution in [-0.4, -0.2) is 24.2 Å². The van der Waals surface area contributed by atoms with Crippen molar-refractivity contribution in [3.8, 4) is 0 Å². The van der Waals surface area contributed by atoms with Gasteiger partial charge in [0, 0.05) is 19.2 Å². The molecule has 1 aliphatic rings. The second-order valence-corrected chi connectivity index (χ2v) is 5.76. The van der Waals surface area contributed by atoms with Gasteiger partial charge in [-0.15, -0.1) is 24.0 Å². The maximum Gasteiger partial charge on any atom is 0.191 e. The van der Waals surface area contributed by atoms with Crippen molar-refractivity contribution in [3.05, 3.63) is 18.0 Å². The quantitative estimate of drug-likeness (QED) is 0.306. The maximum atomic E-state index is 4.81. The highest BCUT2D eigenvalue weighted by Gasteiger charge is 2.12. The molecular formula is C16H29IN4O. The lowest BCUT2D eigenvalue weighted by molar-refractivity contribution is 0.332. The molecule has 1 aromatic rings. The first-order chi connectivity index (χ1) is 10.4. The molecule has 22 heavy (non-hydrogen) atoms. The van der Waals surface area contributed by atoms with Crippen LogP contribution in [0.15, 0.2) is 21.8 Å². The van der Waals surface area contributed by atoms with Crippen molar-refractivity contribution < 1.29 is 4.52 Å². The summed E-state index contributed by atoms with van der Waals surface area (Å²) in [5, 5.41) is 10.5. The van der Waals surface area contributed by atoms with Gasteiger partial charge in [-0.3, -0.25) is 0 Å². The van der Waals surface area contributed by atoms with Crippen LogP contribution in [-0.2, 0) is 6.54 Å². The summed E-state index contributed by atoms with van der Waals surface area (Å²) in [6.45, 7) is 4.48. The van der Waals surface area contributed by atoms with Crippen molar-refractivity contribution >= 4 is 29.9 Å². The van der Waals surface area contributed by atoms with Crippen molar-refractivity contribution in [2.24, 2.45) is 10.9 Å². The van der Waals surface area contributed by atoms with E-state index in [-0.39, 0.29) is 24.0 Å². The molecule has 1 saturated carbocycles. The Morgan fingerprint density at radius 3 is 2.82 bits per heavy atom.